The highest BCUT2D eigenvalue weighted by Crippen LogP contribution is 2.24. The second kappa shape index (κ2) is 12.2. The first-order valence-corrected chi connectivity index (χ1v) is 11.9. The topological polar surface area (TPSA) is 115 Å². The minimum atomic E-state index is -5.08. The molecule has 0 atom stereocenters. The van der Waals surface area contributed by atoms with Crippen LogP contribution in [0.5, 0.6) is 0 Å². The molecule has 0 radical (unpaired) electrons. The van der Waals surface area contributed by atoms with E-state index in [9.17, 15) is 22.8 Å². The zero-order chi connectivity index (χ0) is 27.9. The Hall–Kier alpha value is -4.41. The van der Waals surface area contributed by atoms with Gasteiger partial charge in [0, 0.05) is 54.8 Å². The highest BCUT2D eigenvalue weighted by atomic mass is 19.4. The van der Waals surface area contributed by atoms with Gasteiger partial charge in [-0.2, -0.15) is 13.2 Å². The summed E-state index contributed by atoms with van der Waals surface area (Å²) in [6.07, 6.45) is 1.41. The van der Waals surface area contributed by atoms with Crippen molar-refractivity contribution in [3.8, 4) is 11.3 Å². The van der Waals surface area contributed by atoms with E-state index in [1.54, 1.807) is 6.20 Å². The van der Waals surface area contributed by atoms with Gasteiger partial charge in [-0.3, -0.25) is 14.6 Å². The number of amides is 2. The summed E-state index contributed by atoms with van der Waals surface area (Å²) in [4.78, 5) is 42.9. The predicted octanol–water partition coefficient (Wildman–Crippen LogP) is 4.65. The average molecular weight is 529 g/mol. The number of H-pyrrole nitrogens is 1. The first-order valence-electron chi connectivity index (χ1n) is 11.9. The Labute approximate surface area is 217 Å². The van der Waals surface area contributed by atoms with Crippen molar-refractivity contribution in [3.05, 3.63) is 76.7 Å². The maximum Gasteiger partial charge on any atom is 0.490 e. The van der Waals surface area contributed by atoms with Crippen molar-refractivity contribution in [3.63, 3.8) is 0 Å². The molecule has 0 fully saturated rings. The zero-order valence-electron chi connectivity index (χ0n) is 20.8. The molecule has 3 heterocycles. The van der Waals surface area contributed by atoms with Crippen molar-refractivity contribution in [1.82, 2.24) is 20.2 Å². The first kappa shape index (κ1) is 28.2. The van der Waals surface area contributed by atoms with Gasteiger partial charge in [0.1, 0.15) is 0 Å². The Morgan fingerprint density at radius 3 is 2.32 bits per heavy atom. The summed E-state index contributed by atoms with van der Waals surface area (Å²) in [5.41, 5.74) is 6.10. The van der Waals surface area contributed by atoms with Gasteiger partial charge in [-0.1, -0.05) is 18.2 Å². The van der Waals surface area contributed by atoms with Crippen molar-refractivity contribution in [2.45, 2.75) is 26.4 Å². The maximum atomic E-state index is 12.4. The Kier molecular flexibility index (Phi) is 9.06. The molecule has 8 nitrogen and oxygen atoms in total. The number of halogens is 3. The van der Waals surface area contributed by atoms with Crippen LogP contribution in [0.1, 0.15) is 51.5 Å². The Morgan fingerprint density at radius 1 is 1.08 bits per heavy atom. The Morgan fingerprint density at radius 2 is 1.74 bits per heavy atom. The molecule has 3 N–H and O–H groups in total. The Balaban J connectivity index is 0.000000505. The fourth-order valence-corrected chi connectivity index (χ4v) is 3.77. The summed E-state index contributed by atoms with van der Waals surface area (Å²) in [5, 5.41) is 10.00. The number of carbonyl (C=O) groups excluding carboxylic acids is 2. The molecule has 3 aromatic rings. The fourth-order valence-electron chi connectivity index (χ4n) is 3.77. The molecule has 1 aliphatic rings. The highest BCUT2D eigenvalue weighted by Gasteiger charge is 2.38. The van der Waals surface area contributed by atoms with Gasteiger partial charge in [0.2, 0.25) is 0 Å². The fraction of sp³-hybridized carbons (Fsp3) is 0.259. The normalized spacial score (nSPS) is 12.8. The van der Waals surface area contributed by atoms with Crippen LogP contribution in [-0.4, -0.2) is 63.6 Å². The van der Waals surface area contributed by atoms with Gasteiger partial charge < -0.3 is 20.3 Å². The number of hydrogen-bond donors (Lipinski definition) is 3. The third-order valence-electron chi connectivity index (χ3n) is 5.79. The molecule has 2 amide bonds. The quantitative estimate of drug-likeness (QED) is 0.431. The molecule has 0 saturated heterocycles. The van der Waals surface area contributed by atoms with E-state index >= 15 is 0 Å². The second-order valence-corrected chi connectivity index (χ2v) is 8.29. The lowest BCUT2D eigenvalue weighted by Gasteiger charge is -2.18. The summed E-state index contributed by atoms with van der Waals surface area (Å²) in [7, 11) is 0. The highest BCUT2D eigenvalue weighted by molar-refractivity contribution is 5.98. The molecule has 38 heavy (non-hydrogen) atoms. The average Bonchev–Trinajstić information content (AvgIpc) is 3.34. The van der Waals surface area contributed by atoms with Crippen LogP contribution in [0.15, 0.2) is 48.7 Å². The number of carboxylic acids is 1. The number of rotatable bonds is 6. The number of carbonyl (C=O) groups is 3. The number of fused-ring (bicyclic) bond motifs is 1. The standard InChI is InChI=1S/C25H26N4O2.C2HF3O2/c1-3-29(4-2)25(31)18-8-5-17(6-9-18)7-10-20-15-19(11-13-26-20)23-16-21-22(28-23)12-14-27-24(21)30;3-2(4,5)1(6)7/h5-11,13,15-16,28H,3-4,12,14H2,1-2H3,(H,27,30);(H,6,7)/b10-7+;. The summed E-state index contributed by atoms with van der Waals surface area (Å²) < 4.78 is 31.7. The summed E-state index contributed by atoms with van der Waals surface area (Å²) >= 11 is 0. The van der Waals surface area contributed by atoms with Gasteiger partial charge >= 0.3 is 12.1 Å². The van der Waals surface area contributed by atoms with E-state index < -0.39 is 12.1 Å². The van der Waals surface area contributed by atoms with Crippen LogP contribution in [0, 0.1) is 0 Å². The van der Waals surface area contributed by atoms with E-state index in [4.69, 9.17) is 9.90 Å². The van der Waals surface area contributed by atoms with Gasteiger partial charge in [0.25, 0.3) is 11.8 Å². The summed E-state index contributed by atoms with van der Waals surface area (Å²) in [5.74, 6) is -2.73. The molecule has 200 valence electrons. The molecule has 1 aliphatic heterocycles. The molecule has 0 saturated carbocycles. The molecule has 2 aromatic heterocycles. The second-order valence-electron chi connectivity index (χ2n) is 8.29. The van der Waals surface area contributed by atoms with Gasteiger partial charge in [0.05, 0.1) is 11.3 Å². The molecular formula is C27H27F3N4O4. The van der Waals surface area contributed by atoms with Crippen molar-refractivity contribution >= 4 is 29.9 Å². The van der Waals surface area contributed by atoms with Crippen LogP contribution >= 0.6 is 0 Å². The van der Waals surface area contributed by atoms with E-state index in [2.05, 4.69) is 15.3 Å². The van der Waals surface area contributed by atoms with E-state index in [0.29, 0.717) is 25.2 Å². The van der Waals surface area contributed by atoms with Crippen LogP contribution in [0.25, 0.3) is 23.4 Å². The largest absolute Gasteiger partial charge is 0.490 e. The van der Waals surface area contributed by atoms with Crippen LogP contribution in [0.3, 0.4) is 0 Å². The molecular weight excluding hydrogens is 501 g/mol. The number of nitrogens with one attached hydrogen (secondary N) is 2. The number of aliphatic carboxylic acids is 1. The zero-order valence-corrected chi connectivity index (χ0v) is 20.8. The predicted molar refractivity (Wildman–Crippen MR) is 136 cm³/mol. The van der Waals surface area contributed by atoms with Crippen LogP contribution in [-0.2, 0) is 11.2 Å². The number of nitrogens with zero attached hydrogens (tertiary/aromatic N) is 2. The summed E-state index contributed by atoms with van der Waals surface area (Å²) in [6.45, 7) is 6.03. The van der Waals surface area contributed by atoms with Crippen LogP contribution in [0.4, 0.5) is 13.2 Å². The lowest BCUT2D eigenvalue weighted by atomic mass is 10.1. The lowest BCUT2D eigenvalue weighted by Crippen LogP contribution is -2.31. The summed E-state index contributed by atoms with van der Waals surface area (Å²) in [6, 6.07) is 13.4. The van der Waals surface area contributed by atoms with E-state index in [0.717, 1.165) is 40.2 Å². The lowest BCUT2D eigenvalue weighted by molar-refractivity contribution is -0.192. The molecule has 0 spiro atoms. The SMILES string of the molecule is CCN(CC)C(=O)c1ccc(/C=C/c2cc(-c3cc4c([nH]3)CCNC4=O)ccn2)cc1.O=C(O)C(F)(F)F. The van der Waals surface area contributed by atoms with Crippen molar-refractivity contribution in [2.75, 3.05) is 19.6 Å². The Bertz CT molecular complexity index is 1330. The first-order chi connectivity index (χ1) is 18.0. The number of aromatic nitrogens is 2. The third-order valence-corrected chi connectivity index (χ3v) is 5.79. The smallest absolute Gasteiger partial charge is 0.475 e. The number of carboxylic acid groups (broad SMARTS) is 1. The van der Waals surface area contributed by atoms with E-state index in [-0.39, 0.29) is 11.8 Å². The van der Waals surface area contributed by atoms with Gasteiger partial charge in [0.15, 0.2) is 0 Å². The molecule has 0 aliphatic carbocycles. The van der Waals surface area contributed by atoms with Crippen molar-refractivity contribution < 1.29 is 32.7 Å². The van der Waals surface area contributed by atoms with E-state index in [1.165, 1.54) is 0 Å². The number of hydrogen-bond acceptors (Lipinski definition) is 4. The number of alkyl halides is 3. The van der Waals surface area contributed by atoms with Crippen LogP contribution in [0.2, 0.25) is 0 Å². The minimum absolute atomic E-state index is 0.0270. The monoisotopic (exact) mass is 528 g/mol. The molecule has 0 unspecified atom stereocenters. The minimum Gasteiger partial charge on any atom is -0.475 e. The van der Waals surface area contributed by atoms with Gasteiger partial charge in [-0.25, -0.2) is 4.79 Å². The molecule has 1 aromatic carbocycles. The number of benzene rings is 1. The van der Waals surface area contributed by atoms with Crippen molar-refractivity contribution in [1.29, 1.82) is 0 Å². The molecule has 4 rings (SSSR count). The molecule has 0 bridgehead atoms. The third kappa shape index (κ3) is 7.09. The van der Waals surface area contributed by atoms with Gasteiger partial charge in [-0.05, 0) is 55.8 Å². The van der Waals surface area contributed by atoms with Gasteiger partial charge in [-0.15, -0.1) is 0 Å². The van der Waals surface area contributed by atoms with Crippen LogP contribution < -0.4 is 5.32 Å². The number of pyridine rings is 1. The number of aromatic amines is 1. The maximum absolute atomic E-state index is 12.4. The van der Waals surface area contributed by atoms with Crippen molar-refractivity contribution in [2.24, 2.45) is 0 Å². The van der Waals surface area contributed by atoms with E-state index in [1.807, 2.05) is 73.4 Å². The molecule has 11 heteroatoms.